The lowest BCUT2D eigenvalue weighted by Gasteiger charge is -2.37. The molecule has 1 aromatic rings. The summed E-state index contributed by atoms with van der Waals surface area (Å²) in [6.45, 7) is 8.10. The highest BCUT2D eigenvalue weighted by molar-refractivity contribution is 9.10. The summed E-state index contributed by atoms with van der Waals surface area (Å²) in [5.41, 5.74) is 1.37. The van der Waals surface area contributed by atoms with Crippen molar-refractivity contribution in [3.05, 3.63) is 33.3 Å². The minimum Gasteiger partial charge on any atom is -0.310 e. The lowest BCUT2D eigenvalue weighted by molar-refractivity contribution is 0.176. The molecule has 0 aliphatic heterocycles. The first kappa shape index (κ1) is 17.3. The third kappa shape index (κ3) is 4.71. The highest BCUT2D eigenvalue weighted by atomic mass is 79.9. The molecule has 0 bridgehead atoms. The van der Waals surface area contributed by atoms with Gasteiger partial charge in [-0.25, -0.2) is 0 Å². The van der Waals surface area contributed by atoms with Crippen LogP contribution in [0, 0.1) is 17.8 Å². The molecule has 1 aromatic carbocycles. The molecule has 1 fully saturated rings. The van der Waals surface area contributed by atoms with E-state index in [9.17, 15) is 0 Å². The molecule has 118 valence electrons. The first-order valence-corrected chi connectivity index (χ1v) is 9.36. The van der Waals surface area contributed by atoms with Crippen LogP contribution in [0.2, 0.25) is 5.02 Å². The van der Waals surface area contributed by atoms with Gasteiger partial charge in [0.15, 0.2) is 0 Å². The van der Waals surface area contributed by atoms with Gasteiger partial charge >= 0.3 is 0 Å². The van der Waals surface area contributed by atoms with Gasteiger partial charge < -0.3 is 5.32 Å². The van der Waals surface area contributed by atoms with E-state index in [-0.39, 0.29) is 0 Å². The molecule has 2 rings (SSSR count). The SMILES string of the molecule is CCCNC(c1ccc(Cl)c(Br)c1)C1CC(C)CC(C)C1. The highest BCUT2D eigenvalue weighted by Gasteiger charge is 2.30. The average Bonchev–Trinajstić information content (AvgIpc) is 2.42. The average molecular weight is 373 g/mol. The molecule has 1 aliphatic rings. The van der Waals surface area contributed by atoms with Gasteiger partial charge in [0.05, 0.1) is 5.02 Å². The zero-order valence-electron chi connectivity index (χ0n) is 13.3. The van der Waals surface area contributed by atoms with E-state index >= 15 is 0 Å². The smallest absolute Gasteiger partial charge is 0.0548 e. The van der Waals surface area contributed by atoms with Gasteiger partial charge in [0.1, 0.15) is 0 Å². The molecule has 1 aliphatic carbocycles. The highest BCUT2D eigenvalue weighted by Crippen LogP contribution is 2.40. The number of hydrogen-bond donors (Lipinski definition) is 1. The molecular formula is C18H27BrClN. The third-order valence-electron chi connectivity index (χ3n) is 4.60. The molecule has 0 spiro atoms. The van der Waals surface area contributed by atoms with Gasteiger partial charge in [-0.15, -0.1) is 0 Å². The molecule has 0 aromatic heterocycles. The van der Waals surface area contributed by atoms with Crippen LogP contribution in [0.25, 0.3) is 0 Å². The van der Waals surface area contributed by atoms with Crippen molar-refractivity contribution >= 4 is 27.5 Å². The van der Waals surface area contributed by atoms with Crippen molar-refractivity contribution in [3.8, 4) is 0 Å². The Kier molecular flexibility index (Phi) is 6.58. The molecule has 1 N–H and O–H groups in total. The van der Waals surface area contributed by atoms with Crippen LogP contribution in [0.5, 0.6) is 0 Å². The van der Waals surface area contributed by atoms with Crippen LogP contribution in [0.3, 0.4) is 0 Å². The molecule has 0 saturated heterocycles. The van der Waals surface area contributed by atoms with E-state index in [1.54, 1.807) is 0 Å². The van der Waals surface area contributed by atoms with Gasteiger partial charge in [-0.3, -0.25) is 0 Å². The Morgan fingerprint density at radius 2 is 1.90 bits per heavy atom. The number of nitrogens with one attached hydrogen (secondary N) is 1. The minimum absolute atomic E-state index is 0.448. The fraction of sp³-hybridized carbons (Fsp3) is 0.667. The van der Waals surface area contributed by atoms with Crippen LogP contribution < -0.4 is 5.32 Å². The van der Waals surface area contributed by atoms with Crippen molar-refractivity contribution < 1.29 is 0 Å². The van der Waals surface area contributed by atoms with Crippen LogP contribution in [0.4, 0.5) is 0 Å². The lowest BCUT2D eigenvalue weighted by atomic mass is 9.72. The van der Waals surface area contributed by atoms with Crippen molar-refractivity contribution in [2.45, 2.75) is 52.5 Å². The van der Waals surface area contributed by atoms with E-state index in [0.29, 0.717) is 6.04 Å². The van der Waals surface area contributed by atoms with Crippen molar-refractivity contribution in [3.63, 3.8) is 0 Å². The van der Waals surface area contributed by atoms with E-state index in [0.717, 1.165) is 33.8 Å². The van der Waals surface area contributed by atoms with E-state index in [2.05, 4.69) is 54.2 Å². The van der Waals surface area contributed by atoms with Crippen molar-refractivity contribution in [1.29, 1.82) is 0 Å². The number of rotatable bonds is 5. The van der Waals surface area contributed by atoms with Crippen LogP contribution >= 0.6 is 27.5 Å². The van der Waals surface area contributed by atoms with Gasteiger partial charge in [0.25, 0.3) is 0 Å². The second-order valence-electron chi connectivity index (χ2n) is 6.78. The van der Waals surface area contributed by atoms with Crippen LogP contribution in [-0.4, -0.2) is 6.54 Å². The standard InChI is InChI=1S/C18H27BrClN/c1-4-7-21-18(14-5-6-17(20)16(19)11-14)15-9-12(2)8-13(3)10-15/h5-6,11-13,15,18,21H,4,7-10H2,1-3H3. The van der Waals surface area contributed by atoms with E-state index in [1.807, 2.05) is 6.07 Å². The number of halogens is 2. The van der Waals surface area contributed by atoms with E-state index in [4.69, 9.17) is 11.6 Å². The summed E-state index contributed by atoms with van der Waals surface area (Å²) in [4.78, 5) is 0. The minimum atomic E-state index is 0.448. The molecule has 3 unspecified atom stereocenters. The van der Waals surface area contributed by atoms with Gasteiger partial charge in [-0.05, 0) is 83.6 Å². The molecular weight excluding hydrogens is 346 g/mol. The maximum atomic E-state index is 6.15. The zero-order valence-corrected chi connectivity index (χ0v) is 15.7. The third-order valence-corrected chi connectivity index (χ3v) is 5.82. The Bertz CT molecular complexity index is 453. The molecule has 0 heterocycles. The fourth-order valence-electron chi connectivity index (χ4n) is 3.84. The second-order valence-corrected chi connectivity index (χ2v) is 8.04. The van der Waals surface area contributed by atoms with Gasteiger partial charge in [-0.2, -0.15) is 0 Å². The molecule has 1 nitrogen and oxygen atoms in total. The summed E-state index contributed by atoms with van der Waals surface area (Å²) in [5, 5.41) is 4.57. The predicted molar refractivity (Wildman–Crippen MR) is 95.9 cm³/mol. The summed E-state index contributed by atoms with van der Waals surface area (Å²) < 4.78 is 1.00. The summed E-state index contributed by atoms with van der Waals surface area (Å²) in [6, 6.07) is 6.84. The van der Waals surface area contributed by atoms with Gasteiger partial charge in [0.2, 0.25) is 0 Å². The molecule has 1 saturated carbocycles. The number of benzene rings is 1. The Morgan fingerprint density at radius 3 is 2.48 bits per heavy atom. The topological polar surface area (TPSA) is 12.0 Å². The second kappa shape index (κ2) is 7.99. The lowest BCUT2D eigenvalue weighted by Crippen LogP contribution is -2.33. The molecule has 0 radical (unpaired) electrons. The fourth-order valence-corrected chi connectivity index (χ4v) is 4.36. The first-order chi connectivity index (χ1) is 10.0. The van der Waals surface area contributed by atoms with Crippen LogP contribution in [0.15, 0.2) is 22.7 Å². The van der Waals surface area contributed by atoms with Crippen molar-refractivity contribution in [2.75, 3.05) is 6.54 Å². The molecule has 0 amide bonds. The molecule has 3 heteroatoms. The van der Waals surface area contributed by atoms with Crippen LogP contribution in [-0.2, 0) is 0 Å². The van der Waals surface area contributed by atoms with Crippen molar-refractivity contribution in [2.24, 2.45) is 17.8 Å². The Balaban J connectivity index is 2.22. The summed E-state index contributed by atoms with van der Waals surface area (Å²) in [7, 11) is 0. The zero-order chi connectivity index (χ0) is 15.4. The monoisotopic (exact) mass is 371 g/mol. The Morgan fingerprint density at radius 1 is 1.24 bits per heavy atom. The predicted octanol–water partition coefficient (Wildman–Crippen LogP) is 6.22. The largest absolute Gasteiger partial charge is 0.310 e. The quantitative estimate of drug-likeness (QED) is 0.647. The molecule has 21 heavy (non-hydrogen) atoms. The maximum Gasteiger partial charge on any atom is 0.0548 e. The number of hydrogen-bond acceptors (Lipinski definition) is 1. The Hall–Kier alpha value is -0.0500. The van der Waals surface area contributed by atoms with E-state index < -0.39 is 0 Å². The Labute approximate surface area is 143 Å². The van der Waals surface area contributed by atoms with Gasteiger partial charge in [0, 0.05) is 10.5 Å². The summed E-state index contributed by atoms with van der Waals surface area (Å²) in [5.74, 6) is 2.39. The normalized spacial score (nSPS) is 27.6. The van der Waals surface area contributed by atoms with E-state index in [1.165, 1.54) is 31.2 Å². The first-order valence-electron chi connectivity index (χ1n) is 8.19. The maximum absolute atomic E-state index is 6.15. The van der Waals surface area contributed by atoms with Crippen molar-refractivity contribution in [1.82, 2.24) is 5.32 Å². The summed E-state index contributed by atoms with van der Waals surface area (Å²) >= 11 is 9.73. The van der Waals surface area contributed by atoms with Gasteiger partial charge in [-0.1, -0.05) is 38.4 Å². The van der Waals surface area contributed by atoms with Crippen LogP contribution in [0.1, 0.15) is 58.1 Å². The summed E-state index contributed by atoms with van der Waals surface area (Å²) in [6.07, 6.45) is 5.20. The molecule has 3 atom stereocenters.